The van der Waals surface area contributed by atoms with Crippen molar-refractivity contribution < 1.29 is 9.53 Å². The van der Waals surface area contributed by atoms with E-state index in [-0.39, 0.29) is 5.91 Å². The topological polar surface area (TPSA) is 76.1 Å². The molecule has 6 nitrogen and oxygen atoms in total. The Bertz CT molecular complexity index is 928. The van der Waals surface area contributed by atoms with Crippen molar-refractivity contribution in [2.24, 2.45) is 0 Å². The van der Waals surface area contributed by atoms with Crippen LogP contribution in [0.2, 0.25) is 5.02 Å². The fourth-order valence-electron chi connectivity index (χ4n) is 2.40. The monoisotopic (exact) mass is 382 g/mol. The Balaban J connectivity index is 1.63. The maximum Gasteiger partial charge on any atom is 0.254 e. The average molecular weight is 383 g/mol. The summed E-state index contributed by atoms with van der Waals surface area (Å²) in [5.74, 6) is 0.719. The quantitative estimate of drug-likeness (QED) is 0.670. The second kappa shape index (κ2) is 8.51. The summed E-state index contributed by atoms with van der Waals surface area (Å²) in [6.07, 6.45) is 2.94. The third-order valence-corrected chi connectivity index (χ3v) is 4.13. The maximum absolute atomic E-state index is 12.3. The van der Waals surface area contributed by atoms with E-state index in [4.69, 9.17) is 16.3 Å². The smallest absolute Gasteiger partial charge is 0.254 e. The molecular weight excluding hydrogens is 364 g/mol. The number of hydrogen-bond donors (Lipinski definition) is 2. The van der Waals surface area contributed by atoms with Crippen molar-refractivity contribution in [1.29, 1.82) is 0 Å². The largest absolute Gasteiger partial charge is 0.495 e. The Morgan fingerprint density at radius 1 is 1.11 bits per heavy atom. The first-order valence-electron chi connectivity index (χ1n) is 8.31. The van der Waals surface area contributed by atoms with E-state index in [0.29, 0.717) is 34.5 Å². The Morgan fingerprint density at radius 3 is 2.48 bits per heavy atom. The number of aryl methyl sites for hydroxylation is 1. The first kappa shape index (κ1) is 18.7. The van der Waals surface area contributed by atoms with Crippen LogP contribution in [0.15, 0.2) is 54.9 Å². The molecule has 0 fully saturated rings. The number of benzene rings is 2. The van der Waals surface area contributed by atoms with Crippen LogP contribution in [-0.4, -0.2) is 23.0 Å². The van der Waals surface area contributed by atoms with Crippen LogP contribution in [0.25, 0.3) is 0 Å². The van der Waals surface area contributed by atoms with E-state index >= 15 is 0 Å². The lowest BCUT2D eigenvalue weighted by Gasteiger charge is -2.10. The second-order valence-electron chi connectivity index (χ2n) is 5.93. The van der Waals surface area contributed by atoms with Crippen LogP contribution in [0.1, 0.15) is 21.5 Å². The summed E-state index contributed by atoms with van der Waals surface area (Å²) >= 11 is 6.01. The highest BCUT2D eigenvalue weighted by Gasteiger charge is 2.09. The van der Waals surface area contributed by atoms with Crippen molar-refractivity contribution >= 4 is 29.1 Å². The molecule has 0 unspecified atom stereocenters. The van der Waals surface area contributed by atoms with E-state index in [1.54, 1.807) is 25.3 Å². The molecule has 2 aromatic carbocycles. The van der Waals surface area contributed by atoms with Crippen LogP contribution in [0.3, 0.4) is 0 Å². The lowest BCUT2D eigenvalue weighted by atomic mass is 10.1. The van der Waals surface area contributed by atoms with Gasteiger partial charge in [0, 0.05) is 24.0 Å². The van der Waals surface area contributed by atoms with Gasteiger partial charge in [-0.25, -0.2) is 9.97 Å². The number of nitrogens with one attached hydrogen (secondary N) is 2. The molecule has 1 aromatic heterocycles. The minimum atomic E-state index is -0.234. The van der Waals surface area contributed by atoms with Gasteiger partial charge in [-0.15, -0.1) is 0 Å². The molecule has 0 atom stereocenters. The van der Waals surface area contributed by atoms with E-state index in [2.05, 4.69) is 20.6 Å². The van der Waals surface area contributed by atoms with Gasteiger partial charge in [-0.2, -0.15) is 0 Å². The number of nitrogens with zero attached hydrogens (tertiary/aromatic N) is 2. The summed E-state index contributed by atoms with van der Waals surface area (Å²) < 4.78 is 5.28. The number of amides is 1. The van der Waals surface area contributed by atoms with Crippen molar-refractivity contribution in [3.8, 4) is 5.75 Å². The molecule has 0 bridgehead atoms. The van der Waals surface area contributed by atoms with Crippen molar-refractivity contribution in [2.45, 2.75) is 13.5 Å². The summed E-state index contributed by atoms with van der Waals surface area (Å²) in [6.45, 7) is 2.47. The van der Waals surface area contributed by atoms with E-state index in [9.17, 15) is 4.79 Å². The van der Waals surface area contributed by atoms with Gasteiger partial charge in [-0.1, -0.05) is 41.4 Å². The first-order valence-corrected chi connectivity index (χ1v) is 8.69. The van der Waals surface area contributed by atoms with Crippen LogP contribution in [0.5, 0.6) is 5.75 Å². The minimum Gasteiger partial charge on any atom is -0.495 e. The van der Waals surface area contributed by atoms with Gasteiger partial charge in [-0.3, -0.25) is 4.79 Å². The highest BCUT2D eigenvalue weighted by atomic mass is 35.5. The molecule has 0 aliphatic heterocycles. The lowest BCUT2D eigenvalue weighted by Crippen LogP contribution is -2.23. The zero-order valence-electron chi connectivity index (χ0n) is 15.0. The van der Waals surface area contributed by atoms with Gasteiger partial charge >= 0.3 is 0 Å². The molecule has 0 saturated heterocycles. The third kappa shape index (κ3) is 4.95. The summed E-state index contributed by atoms with van der Waals surface area (Å²) in [6, 6.07) is 13.2. The fourth-order valence-corrected chi connectivity index (χ4v) is 2.57. The van der Waals surface area contributed by atoms with E-state index < -0.39 is 0 Å². The van der Waals surface area contributed by atoms with Gasteiger partial charge in [0.25, 0.3) is 5.91 Å². The molecule has 0 aliphatic carbocycles. The molecule has 0 saturated carbocycles. The van der Waals surface area contributed by atoms with Crippen molar-refractivity contribution in [3.63, 3.8) is 0 Å². The average Bonchev–Trinajstić information content (AvgIpc) is 2.68. The van der Waals surface area contributed by atoms with Crippen LogP contribution in [0.4, 0.5) is 11.6 Å². The highest BCUT2D eigenvalue weighted by molar-refractivity contribution is 6.31. The van der Waals surface area contributed by atoms with Gasteiger partial charge in [0.1, 0.15) is 5.75 Å². The van der Waals surface area contributed by atoms with Crippen molar-refractivity contribution in [3.05, 3.63) is 76.6 Å². The zero-order chi connectivity index (χ0) is 19.2. The number of aromatic nitrogens is 2. The van der Waals surface area contributed by atoms with Gasteiger partial charge in [0.2, 0.25) is 5.95 Å². The van der Waals surface area contributed by atoms with Crippen LogP contribution in [-0.2, 0) is 6.54 Å². The first-order chi connectivity index (χ1) is 13.0. The Hall–Kier alpha value is -3.12. The third-order valence-electron chi connectivity index (χ3n) is 3.90. The van der Waals surface area contributed by atoms with Gasteiger partial charge in [0.15, 0.2) is 0 Å². The van der Waals surface area contributed by atoms with E-state index in [1.165, 1.54) is 18.0 Å². The summed E-state index contributed by atoms with van der Waals surface area (Å²) in [5, 5.41) is 6.44. The molecule has 1 heterocycles. The second-order valence-corrected chi connectivity index (χ2v) is 6.37. The molecule has 1 amide bonds. The van der Waals surface area contributed by atoms with E-state index in [0.717, 1.165) is 5.56 Å². The molecule has 138 valence electrons. The normalized spacial score (nSPS) is 10.3. The highest BCUT2D eigenvalue weighted by Crippen LogP contribution is 2.29. The predicted molar refractivity (Wildman–Crippen MR) is 106 cm³/mol. The molecule has 7 heteroatoms. The fraction of sp³-hybridized carbons (Fsp3) is 0.150. The number of carbonyl (C=O) groups is 1. The Morgan fingerprint density at radius 2 is 1.81 bits per heavy atom. The van der Waals surface area contributed by atoms with Gasteiger partial charge in [0.05, 0.1) is 18.4 Å². The molecule has 3 rings (SSSR count). The Labute approximate surface area is 162 Å². The molecule has 27 heavy (non-hydrogen) atoms. The Kier molecular flexibility index (Phi) is 5.88. The molecule has 2 N–H and O–H groups in total. The molecule has 0 aliphatic rings. The van der Waals surface area contributed by atoms with E-state index in [1.807, 2.05) is 31.2 Å². The number of carbonyl (C=O) groups excluding carboxylic acids is 1. The van der Waals surface area contributed by atoms with Crippen molar-refractivity contribution in [1.82, 2.24) is 15.3 Å². The maximum atomic E-state index is 12.3. The van der Waals surface area contributed by atoms with Crippen LogP contribution < -0.4 is 15.4 Å². The summed E-state index contributed by atoms with van der Waals surface area (Å²) in [7, 11) is 1.57. The summed E-state index contributed by atoms with van der Waals surface area (Å²) in [4.78, 5) is 20.6. The minimum absolute atomic E-state index is 0.234. The molecular formula is C20H19ClN4O2. The molecule has 3 aromatic rings. The van der Waals surface area contributed by atoms with Crippen LogP contribution in [0, 0.1) is 6.92 Å². The number of methoxy groups -OCH3 is 1. The van der Waals surface area contributed by atoms with Gasteiger partial charge in [-0.05, 0) is 30.7 Å². The number of anilines is 2. The zero-order valence-corrected chi connectivity index (χ0v) is 15.7. The van der Waals surface area contributed by atoms with Crippen molar-refractivity contribution in [2.75, 3.05) is 12.4 Å². The SMILES string of the molecule is COc1ccc(Cl)cc1Nc1ncc(C(=O)NCc2ccc(C)cc2)cn1. The van der Waals surface area contributed by atoms with Gasteiger partial charge < -0.3 is 15.4 Å². The number of halogens is 1. The van der Waals surface area contributed by atoms with Crippen LogP contribution >= 0.6 is 11.6 Å². The summed E-state index contributed by atoms with van der Waals surface area (Å²) in [5.41, 5.74) is 3.23. The lowest BCUT2D eigenvalue weighted by molar-refractivity contribution is 0.0950. The predicted octanol–water partition coefficient (Wildman–Crippen LogP) is 4.12. The number of ether oxygens (including phenoxy) is 1. The standard InChI is InChI=1S/C20H19ClN4O2/c1-13-3-5-14(6-4-13)10-22-19(26)15-11-23-20(24-12-15)25-17-9-16(21)7-8-18(17)27-2/h3-9,11-12H,10H2,1-2H3,(H,22,26)(H,23,24,25). The molecule has 0 spiro atoms. The number of hydrogen-bond acceptors (Lipinski definition) is 5. The number of rotatable bonds is 6. The molecule has 0 radical (unpaired) electrons.